The van der Waals surface area contributed by atoms with Crippen molar-refractivity contribution in [3.63, 3.8) is 0 Å². The minimum Gasteiger partial charge on any atom is -0.390 e. The quantitative estimate of drug-likeness (QED) is 0.205. The Hall–Kier alpha value is -3.34. The van der Waals surface area contributed by atoms with Gasteiger partial charge in [0.1, 0.15) is 27.4 Å². The van der Waals surface area contributed by atoms with Gasteiger partial charge in [-0.3, -0.25) is 9.69 Å². The molecule has 12 heteroatoms. The molecule has 0 unspecified atom stereocenters. The molecule has 7 rings (SSSR count). The molecule has 2 aromatic carbocycles. The summed E-state index contributed by atoms with van der Waals surface area (Å²) in [6.45, 7) is 12.8. The van der Waals surface area contributed by atoms with Gasteiger partial charge >= 0.3 is 0 Å². The van der Waals surface area contributed by atoms with Crippen LogP contribution in [0.25, 0.3) is 31.0 Å². The number of hydrogen-bond donors (Lipinski definition) is 1. The van der Waals surface area contributed by atoms with Gasteiger partial charge < -0.3 is 10.6 Å². The molecule has 0 spiro atoms. The average Bonchev–Trinajstić information content (AvgIpc) is 3.70. The van der Waals surface area contributed by atoms with Gasteiger partial charge in [-0.15, -0.1) is 34.0 Å². The summed E-state index contributed by atoms with van der Waals surface area (Å²) in [6.07, 6.45) is 2.82. The molecule has 5 heterocycles. The second kappa shape index (κ2) is 15.0. The number of fused-ring (bicyclic) bond motifs is 3. The molecule has 0 saturated carbocycles. The highest BCUT2D eigenvalue weighted by molar-refractivity contribution is 7.22. The summed E-state index contributed by atoms with van der Waals surface area (Å²) < 4.78 is 28.1. The smallest absolute Gasteiger partial charge is 0.135 e. The van der Waals surface area contributed by atoms with Crippen molar-refractivity contribution >= 4 is 65.2 Å². The number of carbonyl (C=O) groups is 1. The molecule has 2 aliphatic rings. The van der Waals surface area contributed by atoms with E-state index < -0.39 is 0 Å². The molecule has 2 N–H and O–H groups in total. The van der Waals surface area contributed by atoms with Crippen molar-refractivity contribution in [2.45, 2.75) is 72.0 Å². The SMILES string of the molecule is CC(C)N1CCC(=O)CC1.CC(C)N1CCc2c(sc(N)c2-c2nc3cc(F)ccc3s2)C1.N#CCc1nc2cc(F)ccc2s1. The molecule has 0 radical (unpaired) electrons. The van der Waals surface area contributed by atoms with Gasteiger partial charge in [-0.2, -0.15) is 5.26 Å². The lowest BCUT2D eigenvalue weighted by molar-refractivity contribution is -0.121. The molecule has 0 bridgehead atoms. The molecule has 0 aliphatic carbocycles. The van der Waals surface area contributed by atoms with Crippen LogP contribution < -0.4 is 5.73 Å². The zero-order chi connectivity index (χ0) is 33.0. The highest BCUT2D eigenvalue weighted by Crippen LogP contribution is 2.44. The van der Waals surface area contributed by atoms with Crippen molar-refractivity contribution in [3.8, 4) is 16.6 Å². The second-order valence-corrected chi connectivity index (χ2v) is 15.2. The maximum Gasteiger partial charge on any atom is 0.135 e. The third-order valence-corrected chi connectivity index (χ3v) is 11.3. The number of likely N-dealkylation sites (tertiary alicyclic amines) is 1. The fraction of sp³-hybridized carbons (Fsp3) is 0.412. The molecular formula is C34H38F2N6OS3. The Morgan fingerprint density at radius 1 is 0.870 bits per heavy atom. The standard InChI is InChI=1S/C17H18FN3S2.C9H5FN2S.C8H15NO/c1-9(2)21-6-5-11-14(8-21)22-16(19)15(11)17-20-12-7-10(18)3-4-13(12)23-17;10-6-1-2-8-7(5-6)12-9(13-8)3-4-11;1-7(2)9-5-3-8(10)4-6-9/h3-4,7,9H,5-6,8,19H2,1-2H3;1-2,5H,3H2;7H,3-6H2,1-2H3. The van der Waals surface area contributed by atoms with Crippen LogP contribution in [0.3, 0.4) is 0 Å². The zero-order valence-electron chi connectivity index (χ0n) is 26.5. The number of hydrogen-bond acceptors (Lipinski definition) is 10. The monoisotopic (exact) mass is 680 g/mol. The van der Waals surface area contributed by atoms with E-state index in [2.05, 4.69) is 47.5 Å². The minimum atomic E-state index is -0.290. The van der Waals surface area contributed by atoms with E-state index in [4.69, 9.17) is 11.0 Å². The highest BCUT2D eigenvalue weighted by atomic mass is 32.1. The van der Waals surface area contributed by atoms with E-state index in [1.54, 1.807) is 34.8 Å². The van der Waals surface area contributed by atoms with Crippen LogP contribution >= 0.6 is 34.0 Å². The molecular weight excluding hydrogens is 643 g/mol. The van der Waals surface area contributed by atoms with Crippen molar-refractivity contribution in [2.75, 3.05) is 25.4 Å². The summed E-state index contributed by atoms with van der Waals surface area (Å²) in [5.74, 6) is -0.111. The molecule has 5 aromatic rings. The molecule has 1 saturated heterocycles. The maximum atomic E-state index is 13.4. The maximum absolute atomic E-state index is 13.4. The first-order valence-corrected chi connectivity index (χ1v) is 17.9. The van der Waals surface area contributed by atoms with E-state index in [0.717, 1.165) is 75.4 Å². The van der Waals surface area contributed by atoms with Gasteiger partial charge in [0.2, 0.25) is 0 Å². The lowest BCUT2D eigenvalue weighted by Crippen LogP contribution is -2.38. The largest absolute Gasteiger partial charge is 0.390 e. The van der Waals surface area contributed by atoms with Crippen LogP contribution in [0.5, 0.6) is 0 Å². The fourth-order valence-corrected chi connectivity index (χ4v) is 8.63. The van der Waals surface area contributed by atoms with Crippen LogP contribution in [0.15, 0.2) is 36.4 Å². The highest BCUT2D eigenvalue weighted by Gasteiger charge is 2.27. The van der Waals surface area contributed by atoms with E-state index in [1.165, 1.54) is 46.0 Å². The predicted octanol–water partition coefficient (Wildman–Crippen LogP) is 8.07. The van der Waals surface area contributed by atoms with Crippen LogP contribution in [0.1, 0.15) is 56.0 Å². The number of carbonyl (C=O) groups excluding carboxylic acids is 1. The van der Waals surface area contributed by atoms with Crippen molar-refractivity contribution in [1.29, 1.82) is 5.26 Å². The van der Waals surface area contributed by atoms with Crippen molar-refractivity contribution < 1.29 is 13.6 Å². The van der Waals surface area contributed by atoms with Crippen molar-refractivity contribution in [3.05, 3.63) is 63.5 Å². The predicted molar refractivity (Wildman–Crippen MR) is 186 cm³/mol. The number of aromatic nitrogens is 2. The van der Waals surface area contributed by atoms with Crippen LogP contribution in [0.4, 0.5) is 13.8 Å². The zero-order valence-corrected chi connectivity index (χ0v) is 28.9. The minimum absolute atomic E-state index is 0.248. The number of halogens is 2. The van der Waals surface area contributed by atoms with E-state index in [-0.39, 0.29) is 11.6 Å². The molecule has 0 atom stereocenters. The Labute approximate surface area is 280 Å². The van der Waals surface area contributed by atoms with Gasteiger partial charge in [-0.1, -0.05) is 0 Å². The Kier molecular flexibility index (Phi) is 11.1. The number of anilines is 1. The number of Topliss-reactive ketones (excluding diaryl/α,β-unsaturated/α-hetero) is 1. The molecule has 0 amide bonds. The Morgan fingerprint density at radius 2 is 1.46 bits per heavy atom. The first kappa shape index (κ1) is 34.0. The summed E-state index contributed by atoms with van der Waals surface area (Å²) in [4.78, 5) is 25.7. The number of benzene rings is 2. The van der Waals surface area contributed by atoms with E-state index in [1.807, 2.05) is 6.07 Å². The van der Waals surface area contributed by atoms with Gasteiger partial charge in [0.05, 0.1) is 37.9 Å². The second-order valence-electron chi connectivity index (χ2n) is 11.9. The molecule has 1 fully saturated rings. The third kappa shape index (κ3) is 8.14. The number of thiophene rings is 1. The summed E-state index contributed by atoms with van der Waals surface area (Å²) in [5.41, 5.74) is 10.1. The third-order valence-electron chi connectivity index (χ3n) is 8.12. The molecule has 2 aliphatic heterocycles. The van der Waals surface area contributed by atoms with E-state index in [9.17, 15) is 13.6 Å². The number of piperidine rings is 1. The summed E-state index contributed by atoms with van der Waals surface area (Å²) >= 11 is 4.70. The first-order valence-electron chi connectivity index (χ1n) is 15.4. The summed E-state index contributed by atoms with van der Waals surface area (Å²) in [7, 11) is 0. The van der Waals surface area contributed by atoms with Crippen LogP contribution in [-0.4, -0.2) is 57.3 Å². The number of nitrogen functional groups attached to an aromatic ring is 1. The lowest BCUT2D eigenvalue weighted by atomic mass is 10.0. The Morgan fingerprint density at radius 3 is 2.07 bits per heavy atom. The van der Waals surface area contributed by atoms with Gasteiger partial charge in [0, 0.05) is 73.7 Å². The van der Waals surface area contributed by atoms with E-state index >= 15 is 0 Å². The summed E-state index contributed by atoms with van der Waals surface area (Å²) in [6, 6.07) is 12.4. The Balaban J connectivity index is 0.000000153. The van der Waals surface area contributed by atoms with Gasteiger partial charge in [-0.25, -0.2) is 18.7 Å². The van der Waals surface area contributed by atoms with Gasteiger partial charge in [-0.05, 0) is 63.9 Å². The van der Waals surface area contributed by atoms with E-state index in [0.29, 0.717) is 35.3 Å². The molecule has 242 valence electrons. The fourth-order valence-electron chi connectivity index (χ4n) is 5.51. The van der Waals surface area contributed by atoms with Crippen molar-refractivity contribution in [1.82, 2.24) is 19.8 Å². The van der Waals surface area contributed by atoms with Crippen LogP contribution in [0, 0.1) is 23.0 Å². The lowest BCUT2D eigenvalue weighted by Gasteiger charge is -2.30. The van der Waals surface area contributed by atoms with Crippen molar-refractivity contribution in [2.24, 2.45) is 0 Å². The normalized spacial score (nSPS) is 15.4. The topological polar surface area (TPSA) is 99.1 Å². The molecule has 46 heavy (non-hydrogen) atoms. The van der Waals surface area contributed by atoms with Gasteiger partial charge in [0.15, 0.2) is 0 Å². The Bertz CT molecular complexity index is 1860. The average molecular weight is 681 g/mol. The van der Waals surface area contributed by atoms with Crippen LogP contribution in [0.2, 0.25) is 0 Å². The van der Waals surface area contributed by atoms with Gasteiger partial charge in [0.25, 0.3) is 0 Å². The molecule has 7 nitrogen and oxygen atoms in total. The number of ketones is 1. The summed E-state index contributed by atoms with van der Waals surface area (Å²) in [5, 5.41) is 10.9. The number of nitrogens with zero attached hydrogens (tertiary/aromatic N) is 5. The number of rotatable bonds is 4. The number of nitriles is 1. The first-order chi connectivity index (χ1) is 22.0. The number of nitrogens with two attached hydrogens (primary N) is 1. The molecule has 3 aromatic heterocycles. The van der Waals surface area contributed by atoms with Crippen LogP contribution in [-0.2, 0) is 24.2 Å². The number of thiazole rings is 2.